The highest BCUT2D eigenvalue weighted by Crippen LogP contribution is 2.56. The largest absolute Gasteiger partial charge is 0.349 e. The summed E-state index contributed by atoms with van der Waals surface area (Å²) in [6.07, 6.45) is 0. The quantitative estimate of drug-likeness (QED) is 0.915. The molecule has 2 amide bonds. The number of carbonyl (C=O) groups is 2. The highest BCUT2D eigenvalue weighted by Gasteiger charge is 2.57. The maximum Gasteiger partial charge on any atom is 0.256 e. The number of nitrogens with zero attached hydrogens (tertiary/aromatic N) is 1. The molecule has 1 aromatic heterocycles. The summed E-state index contributed by atoms with van der Waals surface area (Å²) in [5, 5.41) is 4.93. The molecule has 2 aliphatic heterocycles. The molecule has 0 spiro atoms. The minimum Gasteiger partial charge on any atom is -0.349 e. The summed E-state index contributed by atoms with van der Waals surface area (Å²) >= 11 is 3.31. The molecule has 1 unspecified atom stereocenters. The van der Waals surface area contributed by atoms with Gasteiger partial charge in [-0.2, -0.15) is 0 Å². The fourth-order valence-electron chi connectivity index (χ4n) is 3.49. The number of thiophene rings is 1. The number of hydrogen-bond donors (Lipinski definition) is 1. The molecule has 3 heterocycles. The number of hydrogen-bond acceptors (Lipinski definition) is 4. The first-order valence-electron chi connectivity index (χ1n) is 7.88. The molecule has 1 fully saturated rings. The third kappa shape index (κ3) is 2.36. The third-order valence-electron chi connectivity index (χ3n) is 4.56. The van der Waals surface area contributed by atoms with Crippen molar-refractivity contribution in [2.75, 3.05) is 0 Å². The van der Waals surface area contributed by atoms with Crippen LogP contribution in [0.5, 0.6) is 0 Å². The Kier molecular flexibility index (Phi) is 3.69. The standard InChI is InChI=1S/C18H18N2O2S2/c1-18(2)14(15(21)19-10-11-6-5-9-23-11)20-16(22)12-7-3-4-8-13(12)17(20)24-18/h3-9,14,17H,10H2,1-2H3,(H,19,21)/t14-,17?/m1/s1. The Morgan fingerprint density at radius 2 is 2.04 bits per heavy atom. The predicted octanol–water partition coefficient (Wildman–Crippen LogP) is 3.41. The van der Waals surface area contributed by atoms with Crippen LogP contribution in [0.1, 0.15) is 40.0 Å². The van der Waals surface area contributed by atoms with Gasteiger partial charge in [-0.1, -0.05) is 24.3 Å². The van der Waals surface area contributed by atoms with Gasteiger partial charge < -0.3 is 10.2 Å². The van der Waals surface area contributed by atoms with E-state index >= 15 is 0 Å². The molecule has 0 bridgehead atoms. The summed E-state index contributed by atoms with van der Waals surface area (Å²) < 4.78 is -0.326. The molecule has 124 valence electrons. The van der Waals surface area contributed by atoms with Crippen LogP contribution in [0.2, 0.25) is 0 Å². The van der Waals surface area contributed by atoms with Crippen LogP contribution in [0.4, 0.5) is 0 Å². The lowest BCUT2D eigenvalue weighted by atomic mass is 10.0. The summed E-state index contributed by atoms with van der Waals surface area (Å²) in [4.78, 5) is 28.6. The smallest absolute Gasteiger partial charge is 0.256 e. The van der Waals surface area contributed by atoms with Gasteiger partial charge in [0.05, 0.1) is 6.54 Å². The minimum atomic E-state index is -0.465. The lowest BCUT2D eigenvalue weighted by molar-refractivity contribution is -0.126. The number of thioether (sulfide) groups is 1. The maximum atomic E-state index is 12.9. The molecule has 2 aromatic rings. The average molecular weight is 358 g/mol. The van der Waals surface area contributed by atoms with E-state index in [-0.39, 0.29) is 21.9 Å². The number of rotatable bonds is 3. The van der Waals surface area contributed by atoms with Gasteiger partial charge in [0.15, 0.2) is 0 Å². The van der Waals surface area contributed by atoms with Crippen LogP contribution in [0.15, 0.2) is 41.8 Å². The van der Waals surface area contributed by atoms with Gasteiger partial charge in [0.1, 0.15) is 11.4 Å². The molecule has 2 atom stereocenters. The van der Waals surface area contributed by atoms with E-state index in [1.165, 1.54) is 0 Å². The van der Waals surface area contributed by atoms with Crippen LogP contribution >= 0.6 is 23.1 Å². The molecule has 24 heavy (non-hydrogen) atoms. The Morgan fingerprint density at radius 3 is 2.79 bits per heavy atom. The fraction of sp³-hybridized carbons (Fsp3) is 0.333. The van der Waals surface area contributed by atoms with Crippen molar-refractivity contribution in [1.82, 2.24) is 10.2 Å². The highest BCUT2D eigenvalue weighted by molar-refractivity contribution is 8.01. The molecule has 2 aliphatic rings. The minimum absolute atomic E-state index is 0.0371. The van der Waals surface area contributed by atoms with E-state index in [4.69, 9.17) is 0 Å². The van der Waals surface area contributed by atoms with Gasteiger partial charge in [0.25, 0.3) is 5.91 Å². The van der Waals surface area contributed by atoms with E-state index in [0.29, 0.717) is 6.54 Å². The van der Waals surface area contributed by atoms with Crippen molar-refractivity contribution in [3.63, 3.8) is 0 Å². The van der Waals surface area contributed by atoms with Crippen LogP contribution < -0.4 is 5.32 Å². The van der Waals surface area contributed by atoms with Crippen molar-refractivity contribution in [2.24, 2.45) is 0 Å². The summed E-state index contributed by atoms with van der Waals surface area (Å²) in [5.74, 6) is -0.116. The number of fused-ring (bicyclic) bond motifs is 3. The number of benzene rings is 1. The predicted molar refractivity (Wildman–Crippen MR) is 97.0 cm³/mol. The van der Waals surface area contributed by atoms with Crippen molar-refractivity contribution in [1.29, 1.82) is 0 Å². The molecule has 6 heteroatoms. The van der Waals surface area contributed by atoms with E-state index in [9.17, 15) is 9.59 Å². The van der Waals surface area contributed by atoms with Crippen molar-refractivity contribution in [2.45, 2.75) is 36.6 Å². The second-order valence-corrected chi connectivity index (χ2v) is 9.34. The van der Waals surface area contributed by atoms with E-state index in [2.05, 4.69) is 5.32 Å². The van der Waals surface area contributed by atoms with Crippen molar-refractivity contribution < 1.29 is 9.59 Å². The lowest BCUT2D eigenvalue weighted by Gasteiger charge is -2.29. The monoisotopic (exact) mass is 358 g/mol. The zero-order valence-corrected chi connectivity index (χ0v) is 15.1. The number of nitrogens with one attached hydrogen (secondary N) is 1. The Morgan fingerprint density at radius 1 is 1.25 bits per heavy atom. The van der Waals surface area contributed by atoms with Gasteiger partial charge in [0, 0.05) is 15.2 Å². The van der Waals surface area contributed by atoms with Crippen LogP contribution in [0.25, 0.3) is 0 Å². The van der Waals surface area contributed by atoms with Crippen molar-refractivity contribution in [3.05, 3.63) is 57.8 Å². The Hall–Kier alpha value is -1.79. The van der Waals surface area contributed by atoms with E-state index in [0.717, 1.165) is 16.0 Å². The average Bonchev–Trinajstić information content (AvgIpc) is 3.22. The Balaban J connectivity index is 1.61. The first-order chi connectivity index (χ1) is 11.5. The summed E-state index contributed by atoms with van der Waals surface area (Å²) in [6, 6.07) is 11.2. The first kappa shape index (κ1) is 15.7. The second-order valence-electron chi connectivity index (χ2n) is 6.57. The summed E-state index contributed by atoms with van der Waals surface area (Å²) in [6.45, 7) is 4.59. The van der Waals surface area contributed by atoms with Crippen molar-refractivity contribution >= 4 is 34.9 Å². The van der Waals surface area contributed by atoms with Crippen LogP contribution in [-0.2, 0) is 11.3 Å². The van der Waals surface area contributed by atoms with Crippen LogP contribution in [-0.4, -0.2) is 27.5 Å². The van der Waals surface area contributed by atoms with Gasteiger partial charge in [-0.15, -0.1) is 23.1 Å². The Labute approximate surface area is 149 Å². The van der Waals surface area contributed by atoms with E-state index < -0.39 is 6.04 Å². The SMILES string of the molecule is CC1(C)SC2c3ccccc3C(=O)N2[C@@H]1C(=O)NCc1cccs1. The molecular formula is C18H18N2O2S2. The molecule has 0 radical (unpaired) electrons. The fourth-order valence-corrected chi connectivity index (χ4v) is 5.72. The molecular weight excluding hydrogens is 340 g/mol. The highest BCUT2D eigenvalue weighted by atomic mass is 32.2. The summed E-state index contributed by atoms with van der Waals surface area (Å²) in [5.41, 5.74) is 1.75. The van der Waals surface area contributed by atoms with Gasteiger partial charge in [-0.25, -0.2) is 0 Å². The molecule has 4 nitrogen and oxygen atoms in total. The van der Waals surface area contributed by atoms with Gasteiger partial charge in [-0.05, 0) is 36.9 Å². The van der Waals surface area contributed by atoms with Crippen LogP contribution in [0.3, 0.4) is 0 Å². The molecule has 0 aliphatic carbocycles. The number of carbonyl (C=O) groups excluding carboxylic acids is 2. The Bertz CT molecular complexity index is 801. The molecule has 1 N–H and O–H groups in total. The maximum absolute atomic E-state index is 12.9. The van der Waals surface area contributed by atoms with Crippen molar-refractivity contribution in [3.8, 4) is 0 Å². The molecule has 0 saturated carbocycles. The second kappa shape index (κ2) is 5.63. The lowest BCUT2D eigenvalue weighted by Crippen LogP contribution is -2.52. The van der Waals surface area contributed by atoms with Gasteiger partial charge in [-0.3, -0.25) is 9.59 Å². The first-order valence-corrected chi connectivity index (χ1v) is 9.64. The third-order valence-corrected chi connectivity index (χ3v) is 6.97. The van der Waals surface area contributed by atoms with Crippen LogP contribution in [0, 0.1) is 0 Å². The van der Waals surface area contributed by atoms with Gasteiger partial charge >= 0.3 is 0 Å². The number of amides is 2. The zero-order chi connectivity index (χ0) is 16.9. The van der Waals surface area contributed by atoms with Gasteiger partial charge in [0.2, 0.25) is 5.91 Å². The molecule has 1 saturated heterocycles. The van der Waals surface area contributed by atoms with E-state index in [1.54, 1.807) is 28.0 Å². The zero-order valence-electron chi connectivity index (χ0n) is 13.5. The normalized spacial score (nSPS) is 23.9. The molecule has 1 aromatic carbocycles. The van der Waals surface area contributed by atoms with E-state index in [1.807, 2.05) is 55.6 Å². The molecule has 4 rings (SSSR count). The summed E-state index contributed by atoms with van der Waals surface area (Å²) in [7, 11) is 0. The topological polar surface area (TPSA) is 49.4 Å².